The van der Waals surface area contributed by atoms with Crippen molar-refractivity contribution in [1.29, 1.82) is 0 Å². The van der Waals surface area contributed by atoms with Gasteiger partial charge in [0.15, 0.2) is 17.8 Å². The first-order chi connectivity index (χ1) is 17.8. The molecule has 3 aromatic carbocycles. The number of aromatic nitrogens is 1. The van der Waals surface area contributed by atoms with Crippen LogP contribution in [-0.4, -0.2) is 5.11 Å². The Balaban J connectivity index is 1.69. The van der Waals surface area contributed by atoms with Gasteiger partial charge in [-0.1, -0.05) is 44.2 Å². The third-order valence-corrected chi connectivity index (χ3v) is 6.57. The molecule has 0 atom stereocenters. The number of benzene rings is 3. The summed E-state index contributed by atoms with van der Waals surface area (Å²) in [5.41, 5.74) is 2.93. The quantitative estimate of drug-likeness (QED) is 0.290. The van der Waals surface area contributed by atoms with Crippen molar-refractivity contribution in [3.05, 3.63) is 83.3 Å². The zero-order valence-corrected chi connectivity index (χ0v) is 19.5. The molecular formula is C30H27FNO2+. The Bertz CT molecular complexity index is 1810. The Hall–Kier alpha value is -3.66. The van der Waals surface area contributed by atoms with E-state index < -0.39 is 29.7 Å². The minimum Gasteiger partial charge on any atom is -0.505 e. The second-order valence-corrected chi connectivity index (χ2v) is 9.53. The first kappa shape index (κ1) is 16.9. The largest absolute Gasteiger partial charge is 0.505 e. The van der Waals surface area contributed by atoms with E-state index in [9.17, 15) is 5.11 Å². The van der Waals surface area contributed by atoms with Gasteiger partial charge in [-0.15, -0.1) is 0 Å². The molecule has 1 aliphatic carbocycles. The summed E-state index contributed by atoms with van der Waals surface area (Å²) in [4.78, 5) is 0. The fourth-order valence-corrected chi connectivity index (χ4v) is 5.01. The van der Waals surface area contributed by atoms with Gasteiger partial charge in [0.2, 0.25) is 5.69 Å². The van der Waals surface area contributed by atoms with Gasteiger partial charge in [-0.3, -0.25) is 0 Å². The smallest absolute Gasteiger partial charge is 0.216 e. The monoisotopic (exact) mass is 456 g/mol. The molecular weight excluding hydrogens is 425 g/mol. The van der Waals surface area contributed by atoms with E-state index in [0.29, 0.717) is 16.5 Å². The van der Waals surface area contributed by atoms with Crippen LogP contribution < -0.4 is 4.57 Å². The number of halogens is 1. The molecule has 5 aromatic rings. The Morgan fingerprint density at radius 3 is 2.53 bits per heavy atom. The molecule has 3 nitrogen and oxygen atoms in total. The van der Waals surface area contributed by atoms with Crippen molar-refractivity contribution in [3.8, 4) is 28.1 Å². The van der Waals surface area contributed by atoms with Crippen LogP contribution >= 0.6 is 0 Å². The average Bonchev–Trinajstić information content (AvgIpc) is 3.26. The fraction of sp³-hybridized carbons (Fsp3) is 0.233. The lowest BCUT2D eigenvalue weighted by Gasteiger charge is -2.14. The zero-order chi connectivity index (χ0) is 27.4. The van der Waals surface area contributed by atoms with Crippen LogP contribution in [0.1, 0.15) is 36.0 Å². The number of fused-ring (bicyclic) bond motifs is 4. The molecule has 1 N–H and O–H groups in total. The highest BCUT2D eigenvalue weighted by Crippen LogP contribution is 2.45. The molecule has 0 radical (unpaired) electrons. The summed E-state index contributed by atoms with van der Waals surface area (Å²) in [7, 11) is 1.94. The van der Waals surface area contributed by atoms with E-state index in [0.717, 1.165) is 22.2 Å². The summed E-state index contributed by atoms with van der Waals surface area (Å²) in [5, 5.41) is 11.9. The lowest BCUT2D eigenvalue weighted by atomic mass is 9.90. The van der Waals surface area contributed by atoms with Crippen molar-refractivity contribution in [1.82, 2.24) is 0 Å². The van der Waals surface area contributed by atoms with Gasteiger partial charge in [-0.25, -0.2) is 8.96 Å². The first-order valence-electron chi connectivity index (χ1n) is 13.3. The molecule has 0 saturated heterocycles. The van der Waals surface area contributed by atoms with Gasteiger partial charge in [-0.2, -0.15) is 0 Å². The fourth-order valence-electron chi connectivity index (χ4n) is 5.01. The number of phenols is 1. The number of furan rings is 1. The number of hydrogen-bond donors (Lipinski definition) is 1. The normalized spacial score (nSPS) is 19.4. The van der Waals surface area contributed by atoms with Crippen molar-refractivity contribution < 1.29 is 24.0 Å². The summed E-state index contributed by atoms with van der Waals surface area (Å²) < 4.78 is 58.8. The molecule has 0 amide bonds. The molecule has 170 valence electrons. The molecule has 0 bridgehead atoms. The third kappa shape index (κ3) is 3.05. The van der Waals surface area contributed by atoms with Gasteiger partial charge in [0.1, 0.15) is 18.2 Å². The van der Waals surface area contributed by atoms with Gasteiger partial charge in [-0.05, 0) is 59.5 Å². The van der Waals surface area contributed by atoms with Crippen molar-refractivity contribution in [2.24, 2.45) is 12.5 Å². The van der Waals surface area contributed by atoms with E-state index in [1.807, 2.05) is 55.1 Å². The van der Waals surface area contributed by atoms with Crippen molar-refractivity contribution in [2.45, 2.75) is 33.5 Å². The Morgan fingerprint density at radius 1 is 0.971 bits per heavy atom. The third-order valence-electron chi connectivity index (χ3n) is 6.57. The lowest BCUT2D eigenvalue weighted by Crippen LogP contribution is -2.30. The van der Waals surface area contributed by atoms with Crippen molar-refractivity contribution >= 4 is 21.9 Å². The highest BCUT2D eigenvalue weighted by atomic mass is 19.1. The number of aromatic hydroxyl groups is 1. The molecule has 4 heteroatoms. The molecule has 0 fully saturated rings. The molecule has 34 heavy (non-hydrogen) atoms. The molecule has 2 aromatic heterocycles. The van der Waals surface area contributed by atoms with E-state index in [2.05, 4.69) is 0 Å². The van der Waals surface area contributed by atoms with Crippen LogP contribution in [0, 0.1) is 18.2 Å². The molecule has 2 heterocycles. The minimum atomic E-state index is -2.01. The summed E-state index contributed by atoms with van der Waals surface area (Å²) >= 11 is 0. The highest BCUT2D eigenvalue weighted by molar-refractivity contribution is 6.13. The SMILES string of the molecule is [2H]C1([2H])c2ccc(-c3c(F)c(O)cc4c3oc3c(-c5cccc[n+]5C)c(C)ccc34)cc2C([2H])([2H])C1(C)C. The highest BCUT2D eigenvalue weighted by Gasteiger charge is 2.30. The lowest BCUT2D eigenvalue weighted by molar-refractivity contribution is -0.660. The number of nitrogens with zero attached hydrogens (tertiary/aromatic N) is 1. The number of aryl methyl sites for hydroxylation is 2. The second-order valence-electron chi connectivity index (χ2n) is 9.53. The Kier molecular flexibility index (Phi) is 3.56. The Labute approximate surface area is 203 Å². The molecule has 6 rings (SSSR count). The van der Waals surface area contributed by atoms with Crippen LogP contribution in [0.5, 0.6) is 5.75 Å². The minimum absolute atomic E-state index is 0.0149. The summed E-state index contributed by atoms with van der Waals surface area (Å²) in [6.45, 7) is 5.10. The average molecular weight is 457 g/mol. The van der Waals surface area contributed by atoms with E-state index >= 15 is 4.39 Å². The van der Waals surface area contributed by atoms with Gasteiger partial charge in [0, 0.05) is 28.4 Å². The molecule has 0 spiro atoms. The van der Waals surface area contributed by atoms with Crippen molar-refractivity contribution in [2.75, 3.05) is 0 Å². The van der Waals surface area contributed by atoms with Crippen LogP contribution in [0.3, 0.4) is 0 Å². The van der Waals surface area contributed by atoms with Crippen LogP contribution in [0.4, 0.5) is 4.39 Å². The number of pyridine rings is 1. The predicted molar refractivity (Wildman–Crippen MR) is 133 cm³/mol. The molecule has 0 aliphatic heterocycles. The number of rotatable bonds is 2. The molecule has 1 aliphatic rings. The van der Waals surface area contributed by atoms with E-state index in [4.69, 9.17) is 9.90 Å². The molecule has 0 unspecified atom stereocenters. The standard InChI is InChI=1S/C30H26FNO2/c1-17-8-11-21-22-14-24(33)27(31)26(18-9-10-19-15-30(2,3)16-20(19)13-18)29(22)34-28(21)25(17)23-7-5-6-12-32(23)4/h5-14H,15-16H2,1-4H3/p+1/i15D2,16D2. The summed E-state index contributed by atoms with van der Waals surface area (Å²) in [5.74, 6) is -1.41. The van der Waals surface area contributed by atoms with Gasteiger partial charge in [0.05, 0.1) is 11.1 Å². The number of phenolic OH excluding ortho intramolecular Hbond substituents is 1. The van der Waals surface area contributed by atoms with Crippen LogP contribution in [0.25, 0.3) is 44.3 Å². The summed E-state index contributed by atoms with van der Waals surface area (Å²) in [6.07, 6.45) is -1.99. The van der Waals surface area contributed by atoms with E-state index in [-0.39, 0.29) is 22.3 Å². The van der Waals surface area contributed by atoms with Crippen LogP contribution in [-0.2, 0) is 19.8 Å². The van der Waals surface area contributed by atoms with Gasteiger partial charge < -0.3 is 9.52 Å². The van der Waals surface area contributed by atoms with Gasteiger partial charge >= 0.3 is 0 Å². The predicted octanol–water partition coefficient (Wildman–Crippen LogP) is 7.02. The maximum absolute atomic E-state index is 15.7. The van der Waals surface area contributed by atoms with Crippen LogP contribution in [0.15, 0.2) is 65.2 Å². The van der Waals surface area contributed by atoms with Crippen molar-refractivity contribution in [3.63, 3.8) is 0 Å². The van der Waals surface area contributed by atoms with E-state index in [1.165, 1.54) is 18.2 Å². The topological polar surface area (TPSA) is 37.3 Å². The van der Waals surface area contributed by atoms with Crippen LogP contribution in [0.2, 0.25) is 0 Å². The van der Waals surface area contributed by atoms with Gasteiger partial charge in [0.25, 0.3) is 0 Å². The first-order valence-corrected chi connectivity index (χ1v) is 11.3. The maximum atomic E-state index is 15.7. The number of hydrogen-bond acceptors (Lipinski definition) is 2. The second kappa shape index (κ2) is 7.17. The zero-order valence-electron chi connectivity index (χ0n) is 23.5. The molecule has 0 saturated carbocycles. The Morgan fingerprint density at radius 2 is 1.74 bits per heavy atom. The van der Waals surface area contributed by atoms with E-state index in [1.54, 1.807) is 19.9 Å². The summed E-state index contributed by atoms with van der Waals surface area (Å²) in [6, 6.07) is 15.7. The maximum Gasteiger partial charge on any atom is 0.216 e.